The number of nitrogens with zero attached hydrogens (tertiary/aromatic N) is 4. The van der Waals surface area contributed by atoms with Gasteiger partial charge in [-0.25, -0.2) is 0 Å². The second-order valence-electron chi connectivity index (χ2n) is 12.2. The molecule has 0 bridgehead atoms. The lowest BCUT2D eigenvalue weighted by Crippen LogP contribution is -2.60. The molecule has 0 aliphatic carbocycles. The molecule has 0 amide bonds. The molecule has 9 nitrogen and oxygen atoms in total. The molecule has 6 aromatic rings. The van der Waals surface area contributed by atoms with Gasteiger partial charge in [0.05, 0.1) is 38.7 Å². The van der Waals surface area contributed by atoms with Gasteiger partial charge in [0.25, 0.3) is 0 Å². The molecule has 10 heteroatoms. The number of benzene rings is 5. The van der Waals surface area contributed by atoms with Crippen molar-refractivity contribution >= 4 is 11.8 Å². The van der Waals surface area contributed by atoms with Crippen molar-refractivity contribution in [3.63, 3.8) is 0 Å². The Kier molecular flexibility index (Phi) is 12.3. The predicted octanol–water partition coefficient (Wildman–Crippen LogP) is 7.45. The fourth-order valence-electron chi connectivity index (χ4n) is 5.93. The molecule has 0 spiro atoms. The number of ether oxygens (including phenoxy) is 5. The van der Waals surface area contributed by atoms with Gasteiger partial charge in [-0.1, -0.05) is 140 Å². The summed E-state index contributed by atoms with van der Waals surface area (Å²) in [5, 5.41) is 13.3. The van der Waals surface area contributed by atoms with Crippen LogP contribution in [0.2, 0.25) is 0 Å². The number of hydrogen-bond donors (Lipinski definition) is 0. The fourth-order valence-corrected chi connectivity index (χ4v) is 7.03. The quantitative estimate of drug-likeness (QED) is 0.102. The van der Waals surface area contributed by atoms with E-state index in [-0.39, 0.29) is 6.61 Å². The molecule has 1 saturated heterocycles. The molecule has 51 heavy (non-hydrogen) atoms. The van der Waals surface area contributed by atoms with E-state index in [9.17, 15) is 0 Å². The standard InChI is InChI=1S/C41H40N4O5S/c1-6-16-31(17-7-1)26-46-30-36-37(47-27-32-18-8-2-9-19-32)38(48-28-33-20-10-3-11-21-33)39(49-29-34-22-12-4-13-23-34)40(50-36)51-41-42-43-44-45(41)35-24-14-5-15-25-35/h1-25,36-40H,26-30H2/t36-,37-,38+,39-,40-/m1/s1. The molecular formula is C41H40N4O5S. The topological polar surface area (TPSA) is 89.8 Å². The third-order valence-corrected chi connectivity index (χ3v) is 9.58. The van der Waals surface area contributed by atoms with Gasteiger partial charge in [0.1, 0.15) is 29.9 Å². The van der Waals surface area contributed by atoms with Crippen molar-refractivity contribution in [1.82, 2.24) is 20.2 Å². The van der Waals surface area contributed by atoms with Crippen molar-refractivity contribution in [2.45, 2.75) is 61.4 Å². The van der Waals surface area contributed by atoms with Crippen LogP contribution < -0.4 is 0 Å². The van der Waals surface area contributed by atoms with Crippen molar-refractivity contribution in [2.24, 2.45) is 0 Å². The van der Waals surface area contributed by atoms with E-state index in [1.165, 1.54) is 11.8 Å². The van der Waals surface area contributed by atoms with Crippen LogP contribution in [-0.4, -0.2) is 56.7 Å². The number of hydrogen-bond acceptors (Lipinski definition) is 9. The Hall–Kier alpha value is -4.68. The molecular weight excluding hydrogens is 661 g/mol. The highest BCUT2D eigenvalue weighted by molar-refractivity contribution is 7.99. The van der Waals surface area contributed by atoms with Gasteiger partial charge in [-0.2, -0.15) is 4.68 Å². The number of tetrazole rings is 1. The Bertz CT molecular complexity index is 1870. The first-order chi connectivity index (χ1) is 25.3. The smallest absolute Gasteiger partial charge is 0.216 e. The maximum Gasteiger partial charge on any atom is 0.216 e. The van der Waals surface area contributed by atoms with E-state index in [4.69, 9.17) is 23.7 Å². The maximum absolute atomic E-state index is 6.97. The summed E-state index contributed by atoms with van der Waals surface area (Å²) in [6.45, 7) is 1.77. The Balaban J connectivity index is 1.23. The van der Waals surface area contributed by atoms with E-state index in [1.54, 1.807) is 4.68 Å². The summed E-state index contributed by atoms with van der Waals surface area (Å²) in [5.74, 6) is 0. The highest BCUT2D eigenvalue weighted by Gasteiger charge is 2.49. The largest absolute Gasteiger partial charge is 0.374 e. The van der Waals surface area contributed by atoms with Gasteiger partial charge in [-0.05, 0) is 56.6 Å². The monoisotopic (exact) mass is 700 g/mol. The zero-order chi connectivity index (χ0) is 34.5. The maximum atomic E-state index is 6.97. The number of rotatable bonds is 16. The average Bonchev–Trinajstić information content (AvgIpc) is 3.66. The summed E-state index contributed by atoms with van der Waals surface area (Å²) in [7, 11) is 0. The second-order valence-corrected chi connectivity index (χ2v) is 13.2. The van der Waals surface area contributed by atoms with Crippen LogP contribution in [0.4, 0.5) is 0 Å². The average molecular weight is 701 g/mol. The highest BCUT2D eigenvalue weighted by Crippen LogP contribution is 2.38. The van der Waals surface area contributed by atoms with Crippen LogP contribution in [0.25, 0.3) is 5.69 Å². The Morgan fingerprint density at radius 2 is 0.980 bits per heavy atom. The molecule has 260 valence electrons. The lowest BCUT2D eigenvalue weighted by molar-refractivity contribution is -0.254. The van der Waals surface area contributed by atoms with E-state index in [0.717, 1.165) is 27.9 Å². The summed E-state index contributed by atoms with van der Waals surface area (Å²) < 4.78 is 35.5. The van der Waals surface area contributed by atoms with Crippen molar-refractivity contribution in [2.75, 3.05) is 6.61 Å². The minimum absolute atomic E-state index is 0.269. The van der Waals surface area contributed by atoms with Crippen molar-refractivity contribution in [1.29, 1.82) is 0 Å². The zero-order valence-electron chi connectivity index (χ0n) is 28.1. The molecule has 1 fully saturated rings. The van der Waals surface area contributed by atoms with Crippen molar-refractivity contribution in [3.8, 4) is 5.69 Å². The minimum Gasteiger partial charge on any atom is -0.374 e. The van der Waals surface area contributed by atoms with Crippen LogP contribution in [0.15, 0.2) is 157 Å². The molecule has 7 rings (SSSR count). The van der Waals surface area contributed by atoms with Crippen LogP contribution in [0.5, 0.6) is 0 Å². The van der Waals surface area contributed by atoms with Crippen molar-refractivity contribution in [3.05, 3.63) is 174 Å². The number of aromatic nitrogens is 4. The summed E-state index contributed by atoms with van der Waals surface area (Å²) in [4.78, 5) is 0. The van der Waals surface area contributed by atoms with Gasteiger partial charge < -0.3 is 23.7 Å². The van der Waals surface area contributed by atoms with E-state index < -0.39 is 29.9 Å². The third kappa shape index (κ3) is 9.56. The summed E-state index contributed by atoms with van der Waals surface area (Å²) in [6, 6.07) is 50.3. The molecule has 0 radical (unpaired) electrons. The third-order valence-electron chi connectivity index (χ3n) is 8.50. The predicted molar refractivity (Wildman–Crippen MR) is 195 cm³/mol. The lowest BCUT2D eigenvalue weighted by Gasteiger charge is -2.45. The molecule has 5 aromatic carbocycles. The van der Waals surface area contributed by atoms with E-state index in [1.807, 2.05) is 127 Å². The minimum atomic E-state index is -0.579. The van der Waals surface area contributed by atoms with Gasteiger partial charge >= 0.3 is 0 Å². The van der Waals surface area contributed by atoms with Gasteiger partial charge in [0.2, 0.25) is 5.16 Å². The lowest BCUT2D eigenvalue weighted by atomic mass is 9.98. The molecule has 5 atom stereocenters. The molecule has 2 heterocycles. The van der Waals surface area contributed by atoms with Crippen LogP contribution in [0.3, 0.4) is 0 Å². The highest BCUT2D eigenvalue weighted by atomic mass is 32.2. The number of thioether (sulfide) groups is 1. The Morgan fingerprint density at radius 3 is 1.51 bits per heavy atom. The van der Waals surface area contributed by atoms with E-state index >= 15 is 0 Å². The van der Waals surface area contributed by atoms with E-state index in [2.05, 4.69) is 39.8 Å². The van der Waals surface area contributed by atoms with E-state index in [0.29, 0.717) is 31.6 Å². The molecule has 0 saturated carbocycles. The van der Waals surface area contributed by atoms with Crippen LogP contribution >= 0.6 is 11.8 Å². The van der Waals surface area contributed by atoms with Gasteiger partial charge in [0.15, 0.2) is 0 Å². The van der Waals surface area contributed by atoms with Crippen LogP contribution in [0, 0.1) is 0 Å². The molecule has 0 N–H and O–H groups in total. The van der Waals surface area contributed by atoms with Gasteiger partial charge in [-0.3, -0.25) is 0 Å². The van der Waals surface area contributed by atoms with Crippen LogP contribution in [-0.2, 0) is 50.1 Å². The Morgan fingerprint density at radius 1 is 0.529 bits per heavy atom. The van der Waals surface area contributed by atoms with Gasteiger partial charge in [0, 0.05) is 0 Å². The SMILES string of the molecule is c1ccc(COC[C@H]2O[C@H](Sc3nnnn3-c3ccccc3)[C@H](OCc3ccccc3)[C@@H](OCc3ccccc3)[C@@H]2OCc2ccccc2)cc1. The summed E-state index contributed by atoms with van der Waals surface area (Å²) in [5.41, 5.74) is 4.46. The number of para-hydroxylation sites is 1. The first-order valence-corrected chi connectivity index (χ1v) is 17.9. The normalized spacial score (nSPS) is 20.3. The van der Waals surface area contributed by atoms with Crippen molar-refractivity contribution < 1.29 is 23.7 Å². The summed E-state index contributed by atoms with van der Waals surface area (Å²) in [6.07, 6.45) is -2.16. The fraction of sp³-hybridized carbons (Fsp3) is 0.244. The first-order valence-electron chi connectivity index (χ1n) is 17.0. The zero-order valence-corrected chi connectivity index (χ0v) is 28.9. The van der Waals surface area contributed by atoms with Crippen LogP contribution in [0.1, 0.15) is 22.3 Å². The molecule has 1 aliphatic rings. The van der Waals surface area contributed by atoms with Gasteiger partial charge in [-0.15, -0.1) is 5.10 Å². The molecule has 0 unspecified atom stereocenters. The second kappa shape index (κ2) is 18.0. The molecule has 1 aromatic heterocycles. The Labute approximate surface area is 302 Å². The first kappa shape index (κ1) is 34.8. The molecule has 1 aliphatic heterocycles. The summed E-state index contributed by atoms with van der Waals surface area (Å²) >= 11 is 1.40.